The molecule has 78 valence electrons. The van der Waals surface area contributed by atoms with E-state index in [9.17, 15) is 0 Å². The zero-order valence-corrected chi connectivity index (χ0v) is 9.30. The van der Waals surface area contributed by atoms with Crippen molar-refractivity contribution < 1.29 is 4.74 Å². The zero-order chi connectivity index (χ0) is 10.2. The molecule has 0 atom stereocenters. The summed E-state index contributed by atoms with van der Waals surface area (Å²) < 4.78 is 9.55. The lowest BCUT2D eigenvalue weighted by Gasteiger charge is -2.42. The molecule has 1 aliphatic heterocycles. The number of hydrogen-bond donors (Lipinski definition) is 1. The SMILES string of the molecule is CC1(C)COCCN1c1cc(N)ns1. The number of anilines is 2. The summed E-state index contributed by atoms with van der Waals surface area (Å²) in [5, 5.41) is 1.14. The van der Waals surface area contributed by atoms with Crippen molar-refractivity contribution in [2.45, 2.75) is 19.4 Å². The van der Waals surface area contributed by atoms with Crippen LogP contribution in [0.15, 0.2) is 6.07 Å². The molecule has 0 spiro atoms. The lowest BCUT2D eigenvalue weighted by atomic mass is 10.0. The number of nitrogens with two attached hydrogens (primary N) is 1. The van der Waals surface area contributed by atoms with Gasteiger partial charge in [0.1, 0.15) is 10.8 Å². The van der Waals surface area contributed by atoms with E-state index < -0.39 is 0 Å². The highest BCUT2D eigenvalue weighted by atomic mass is 32.1. The molecule has 0 bridgehead atoms. The van der Waals surface area contributed by atoms with E-state index in [0.717, 1.165) is 24.8 Å². The van der Waals surface area contributed by atoms with E-state index in [2.05, 4.69) is 23.1 Å². The fourth-order valence-electron chi connectivity index (χ4n) is 1.67. The average molecular weight is 213 g/mol. The second-order valence-electron chi connectivity index (χ2n) is 4.11. The Bertz CT molecular complexity index is 324. The van der Waals surface area contributed by atoms with E-state index in [1.165, 1.54) is 11.5 Å². The molecule has 14 heavy (non-hydrogen) atoms. The average Bonchev–Trinajstić information content (AvgIpc) is 2.51. The summed E-state index contributed by atoms with van der Waals surface area (Å²) in [5.41, 5.74) is 5.65. The summed E-state index contributed by atoms with van der Waals surface area (Å²) in [7, 11) is 0. The van der Waals surface area contributed by atoms with Gasteiger partial charge in [-0.3, -0.25) is 0 Å². The molecule has 2 N–H and O–H groups in total. The van der Waals surface area contributed by atoms with E-state index in [1.807, 2.05) is 6.07 Å². The van der Waals surface area contributed by atoms with Gasteiger partial charge in [0.2, 0.25) is 0 Å². The van der Waals surface area contributed by atoms with Crippen molar-refractivity contribution in [1.29, 1.82) is 0 Å². The Balaban J connectivity index is 2.23. The zero-order valence-electron chi connectivity index (χ0n) is 8.49. The number of aromatic nitrogens is 1. The topological polar surface area (TPSA) is 51.4 Å². The molecule has 0 aliphatic carbocycles. The first-order valence-corrected chi connectivity index (χ1v) is 5.44. The standard InChI is InChI=1S/C9H15N3OS/c1-9(2)6-13-4-3-12(9)8-5-7(10)11-14-8/h5H,3-4,6H2,1-2H3,(H2,10,11). The Morgan fingerprint density at radius 2 is 2.43 bits per heavy atom. The van der Waals surface area contributed by atoms with Gasteiger partial charge in [0.05, 0.1) is 18.8 Å². The Morgan fingerprint density at radius 3 is 3.00 bits per heavy atom. The van der Waals surface area contributed by atoms with Gasteiger partial charge in [0.25, 0.3) is 0 Å². The second-order valence-corrected chi connectivity index (χ2v) is 4.89. The van der Waals surface area contributed by atoms with Crippen molar-refractivity contribution in [2.75, 3.05) is 30.4 Å². The van der Waals surface area contributed by atoms with Crippen LogP contribution in [0.2, 0.25) is 0 Å². The van der Waals surface area contributed by atoms with Crippen molar-refractivity contribution >= 4 is 22.4 Å². The third kappa shape index (κ3) is 1.69. The van der Waals surface area contributed by atoms with Gasteiger partial charge in [0, 0.05) is 12.6 Å². The fraction of sp³-hybridized carbons (Fsp3) is 0.667. The van der Waals surface area contributed by atoms with E-state index >= 15 is 0 Å². The van der Waals surface area contributed by atoms with Gasteiger partial charge in [-0.15, -0.1) is 0 Å². The number of hydrogen-bond acceptors (Lipinski definition) is 5. The van der Waals surface area contributed by atoms with Gasteiger partial charge >= 0.3 is 0 Å². The molecule has 0 unspecified atom stereocenters. The van der Waals surface area contributed by atoms with Gasteiger partial charge in [-0.2, -0.15) is 4.37 Å². The third-order valence-corrected chi connectivity index (χ3v) is 3.25. The number of nitrogens with zero attached hydrogens (tertiary/aromatic N) is 2. The second kappa shape index (κ2) is 3.40. The van der Waals surface area contributed by atoms with Crippen LogP contribution in [-0.4, -0.2) is 29.7 Å². The predicted molar refractivity (Wildman–Crippen MR) is 58.8 cm³/mol. The minimum absolute atomic E-state index is 0.0389. The van der Waals surface area contributed by atoms with Crippen LogP contribution >= 0.6 is 11.5 Å². The summed E-state index contributed by atoms with van der Waals surface area (Å²) in [6.07, 6.45) is 0. The largest absolute Gasteiger partial charge is 0.383 e. The first kappa shape index (κ1) is 9.73. The molecule has 0 radical (unpaired) electrons. The highest BCUT2D eigenvalue weighted by molar-refractivity contribution is 7.10. The van der Waals surface area contributed by atoms with Crippen LogP contribution in [0.4, 0.5) is 10.8 Å². The third-order valence-electron chi connectivity index (χ3n) is 2.43. The summed E-state index contributed by atoms with van der Waals surface area (Å²) in [5.74, 6) is 0.604. The minimum Gasteiger partial charge on any atom is -0.383 e. The van der Waals surface area contributed by atoms with Crippen molar-refractivity contribution in [3.05, 3.63) is 6.07 Å². The van der Waals surface area contributed by atoms with Crippen LogP contribution in [0.3, 0.4) is 0 Å². The van der Waals surface area contributed by atoms with Crippen LogP contribution < -0.4 is 10.6 Å². The van der Waals surface area contributed by atoms with Crippen LogP contribution in [0.25, 0.3) is 0 Å². The molecule has 4 nitrogen and oxygen atoms in total. The molecule has 0 amide bonds. The van der Waals surface area contributed by atoms with Crippen LogP contribution in [0, 0.1) is 0 Å². The molecular formula is C9H15N3OS. The molecule has 0 aromatic carbocycles. The maximum Gasteiger partial charge on any atom is 0.139 e. The van der Waals surface area contributed by atoms with E-state index in [1.54, 1.807) is 0 Å². The first-order valence-electron chi connectivity index (χ1n) is 4.67. The van der Waals surface area contributed by atoms with E-state index in [0.29, 0.717) is 5.82 Å². The van der Waals surface area contributed by atoms with Crippen LogP contribution in [0.1, 0.15) is 13.8 Å². The maximum atomic E-state index is 5.62. The summed E-state index contributed by atoms with van der Waals surface area (Å²) in [6.45, 7) is 6.78. The predicted octanol–water partition coefficient (Wildman–Crippen LogP) is 1.34. The molecule has 1 saturated heterocycles. The molecule has 1 aliphatic rings. The smallest absolute Gasteiger partial charge is 0.139 e. The molecular weight excluding hydrogens is 198 g/mol. The first-order chi connectivity index (χ1) is 6.59. The molecule has 1 aromatic heterocycles. The molecule has 2 rings (SSSR count). The molecule has 1 aromatic rings. The van der Waals surface area contributed by atoms with Gasteiger partial charge in [-0.1, -0.05) is 0 Å². The highest BCUT2D eigenvalue weighted by Gasteiger charge is 2.31. The number of nitrogen functional groups attached to an aromatic ring is 1. The van der Waals surface area contributed by atoms with E-state index in [-0.39, 0.29) is 5.54 Å². The fourth-order valence-corrected chi connectivity index (χ4v) is 2.53. The minimum atomic E-state index is 0.0389. The maximum absolute atomic E-state index is 5.62. The number of rotatable bonds is 1. The van der Waals surface area contributed by atoms with Crippen molar-refractivity contribution in [3.8, 4) is 0 Å². The summed E-state index contributed by atoms with van der Waals surface area (Å²) in [6, 6.07) is 1.93. The summed E-state index contributed by atoms with van der Waals surface area (Å²) >= 11 is 1.45. The Kier molecular flexibility index (Phi) is 2.36. The lowest BCUT2D eigenvalue weighted by Crippen LogP contribution is -2.52. The normalized spacial score (nSPS) is 21.1. The van der Waals surface area contributed by atoms with Gasteiger partial charge < -0.3 is 15.4 Å². The van der Waals surface area contributed by atoms with Crippen molar-refractivity contribution in [1.82, 2.24) is 4.37 Å². The monoisotopic (exact) mass is 213 g/mol. The van der Waals surface area contributed by atoms with Gasteiger partial charge in [-0.25, -0.2) is 0 Å². The number of morpholine rings is 1. The molecule has 0 saturated carbocycles. The molecule has 1 fully saturated rings. The Morgan fingerprint density at radius 1 is 1.64 bits per heavy atom. The Labute approximate surface area is 87.8 Å². The van der Waals surface area contributed by atoms with Crippen molar-refractivity contribution in [2.24, 2.45) is 0 Å². The quantitative estimate of drug-likeness (QED) is 0.765. The van der Waals surface area contributed by atoms with Crippen molar-refractivity contribution in [3.63, 3.8) is 0 Å². The van der Waals surface area contributed by atoms with Gasteiger partial charge in [0.15, 0.2) is 0 Å². The highest BCUT2D eigenvalue weighted by Crippen LogP contribution is 2.31. The van der Waals surface area contributed by atoms with Crippen LogP contribution in [-0.2, 0) is 4.74 Å². The van der Waals surface area contributed by atoms with Crippen LogP contribution in [0.5, 0.6) is 0 Å². The Hall–Kier alpha value is -0.810. The van der Waals surface area contributed by atoms with Gasteiger partial charge in [-0.05, 0) is 25.4 Å². The lowest BCUT2D eigenvalue weighted by molar-refractivity contribution is 0.0648. The number of ether oxygens (including phenoxy) is 1. The molecule has 5 heteroatoms. The van der Waals surface area contributed by atoms with E-state index in [4.69, 9.17) is 10.5 Å². The molecule has 2 heterocycles. The summed E-state index contributed by atoms with van der Waals surface area (Å²) in [4.78, 5) is 2.31.